The van der Waals surface area contributed by atoms with Gasteiger partial charge >= 0.3 is 0 Å². The van der Waals surface area contributed by atoms with Crippen LogP contribution in [0, 0.1) is 0 Å². The van der Waals surface area contributed by atoms with Crippen molar-refractivity contribution in [2.24, 2.45) is 0 Å². The number of nitrogens with zero attached hydrogens (tertiary/aromatic N) is 1. The molecular formula is C10H16N4O. The highest BCUT2D eigenvalue weighted by molar-refractivity contribution is 5.81. The molecule has 82 valence electrons. The van der Waals surface area contributed by atoms with Crippen LogP contribution in [0.1, 0.15) is 13.8 Å². The first-order valence-corrected chi connectivity index (χ1v) is 4.83. The highest BCUT2D eigenvalue weighted by Crippen LogP contribution is 2.12. The molecule has 0 atom stereocenters. The molecule has 0 aliphatic heterocycles. The van der Waals surface area contributed by atoms with Crippen molar-refractivity contribution in [1.82, 2.24) is 10.3 Å². The second-order valence-corrected chi connectivity index (χ2v) is 3.51. The van der Waals surface area contributed by atoms with Gasteiger partial charge in [0.1, 0.15) is 5.82 Å². The van der Waals surface area contributed by atoms with Crippen molar-refractivity contribution in [3.63, 3.8) is 0 Å². The van der Waals surface area contributed by atoms with Gasteiger partial charge in [0.05, 0.1) is 12.2 Å². The van der Waals surface area contributed by atoms with Gasteiger partial charge in [0.25, 0.3) is 0 Å². The number of nitrogen functional groups attached to an aromatic ring is 1. The van der Waals surface area contributed by atoms with Crippen molar-refractivity contribution in [2.45, 2.75) is 19.9 Å². The molecule has 15 heavy (non-hydrogen) atoms. The van der Waals surface area contributed by atoms with E-state index >= 15 is 0 Å². The number of anilines is 2. The molecule has 0 fully saturated rings. The molecule has 1 amide bonds. The quantitative estimate of drug-likeness (QED) is 0.677. The summed E-state index contributed by atoms with van der Waals surface area (Å²) in [7, 11) is 0. The molecule has 5 nitrogen and oxygen atoms in total. The largest absolute Gasteiger partial charge is 0.382 e. The number of carbonyl (C=O) groups is 1. The van der Waals surface area contributed by atoms with Crippen LogP contribution >= 0.6 is 0 Å². The average Bonchev–Trinajstić information content (AvgIpc) is 2.15. The number of nitrogens with one attached hydrogen (secondary N) is 2. The fraction of sp³-hybridized carbons (Fsp3) is 0.400. The monoisotopic (exact) mass is 208 g/mol. The number of rotatable bonds is 4. The fourth-order valence-corrected chi connectivity index (χ4v) is 1.12. The van der Waals surface area contributed by atoms with E-state index in [1.54, 1.807) is 18.3 Å². The predicted octanol–water partition coefficient (Wildman–Crippen LogP) is 0.600. The molecule has 1 aromatic heterocycles. The maximum Gasteiger partial charge on any atom is 0.239 e. The molecule has 1 aromatic rings. The van der Waals surface area contributed by atoms with Gasteiger partial charge in [-0.1, -0.05) is 0 Å². The normalized spacial score (nSPS) is 10.1. The van der Waals surface area contributed by atoms with Crippen molar-refractivity contribution in [3.05, 3.63) is 18.3 Å². The third-order valence-corrected chi connectivity index (χ3v) is 1.73. The second kappa shape index (κ2) is 5.19. The zero-order valence-electron chi connectivity index (χ0n) is 8.95. The lowest BCUT2D eigenvalue weighted by Crippen LogP contribution is -2.34. The molecule has 0 aliphatic rings. The summed E-state index contributed by atoms with van der Waals surface area (Å²) in [5, 5.41) is 5.69. The lowest BCUT2D eigenvalue weighted by molar-refractivity contribution is -0.119. The number of hydrogen-bond donors (Lipinski definition) is 3. The third-order valence-electron chi connectivity index (χ3n) is 1.73. The Morgan fingerprint density at radius 1 is 1.60 bits per heavy atom. The Kier molecular flexibility index (Phi) is 3.91. The molecule has 0 bridgehead atoms. The summed E-state index contributed by atoms with van der Waals surface area (Å²) in [5.74, 6) is 0.336. The molecule has 0 radical (unpaired) electrons. The Morgan fingerprint density at radius 3 is 2.93 bits per heavy atom. The number of amides is 1. The van der Waals surface area contributed by atoms with Crippen molar-refractivity contribution in [2.75, 3.05) is 17.6 Å². The van der Waals surface area contributed by atoms with Crippen molar-refractivity contribution in [3.8, 4) is 0 Å². The summed E-state index contributed by atoms with van der Waals surface area (Å²) in [4.78, 5) is 15.2. The molecule has 1 heterocycles. The van der Waals surface area contributed by atoms with Crippen molar-refractivity contribution in [1.29, 1.82) is 0 Å². The fourth-order valence-electron chi connectivity index (χ4n) is 1.12. The topological polar surface area (TPSA) is 80.0 Å². The SMILES string of the molecule is CC(C)NC(=O)CNc1cccnc1N. The summed E-state index contributed by atoms with van der Waals surface area (Å²) in [6, 6.07) is 3.69. The molecule has 0 aromatic carbocycles. The van der Waals surface area contributed by atoms with Gasteiger partial charge in [-0.05, 0) is 26.0 Å². The van der Waals surface area contributed by atoms with Crippen molar-refractivity contribution < 1.29 is 4.79 Å². The molecule has 0 aliphatic carbocycles. The Labute approximate surface area is 89.1 Å². The van der Waals surface area contributed by atoms with Crippen LogP contribution in [-0.2, 0) is 4.79 Å². The minimum atomic E-state index is -0.0618. The number of pyridine rings is 1. The lowest BCUT2D eigenvalue weighted by atomic mass is 10.3. The highest BCUT2D eigenvalue weighted by atomic mass is 16.1. The molecule has 0 spiro atoms. The third kappa shape index (κ3) is 3.84. The van der Waals surface area contributed by atoms with Crippen LogP contribution in [0.3, 0.4) is 0 Å². The Morgan fingerprint density at radius 2 is 2.33 bits per heavy atom. The van der Waals surface area contributed by atoms with Crippen LogP contribution in [0.25, 0.3) is 0 Å². The van der Waals surface area contributed by atoms with E-state index in [0.717, 1.165) is 0 Å². The number of hydrogen-bond acceptors (Lipinski definition) is 4. The van der Waals surface area contributed by atoms with E-state index < -0.39 is 0 Å². The van der Waals surface area contributed by atoms with E-state index in [1.807, 2.05) is 13.8 Å². The maximum atomic E-state index is 11.3. The summed E-state index contributed by atoms with van der Waals surface area (Å²) < 4.78 is 0. The molecule has 0 unspecified atom stereocenters. The van der Waals surface area contributed by atoms with E-state index in [-0.39, 0.29) is 18.5 Å². The predicted molar refractivity (Wildman–Crippen MR) is 60.4 cm³/mol. The molecule has 0 saturated carbocycles. The molecule has 1 rings (SSSR count). The standard InChI is InChI=1S/C10H16N4O/c1-7(2)14-9(15)6-13-8-4-3-5-12-10(8)11/h3-5,7,13H,6H2,1-2H3,(H2,11,12)(H,14,15). The summed E-state index contributed by atoms with van der Waals surface area (Å²) in [6.07, 6.45) is 1.61. The minimum Gasteiger partial charge on any atom is -0.382 e. The van der Waals surface area contributed by atoms with Gasteiger partial charge < -0.3 is 16.4 Å². The molecule has 0 saturated heterocycles. The van der Waals surface area contributed by atoms with E-state index in [1.165, 1.54) is 0 Å². The van der Waals surface area contributed by atoms with Crippen LogP contribution in [0.5, 0.6) is 0 Å². The van der Waals surface area contributed by atoms with E-state index in [0.29, 0.717) is 11.5 Å². The van der Waals surface area contributed by atoms with Crippen LogP contribution < -0.4 is 16.4 Å². The second-order valence-electron chi connectivity index (χ2n) is 3.51. The van der Waals surface area contributed by atoms with Gasteiger partial charge in [-0.2, -0.15) is 0 Å². The molecular weight excluding hydrogens is 192 g/mol. The minimum absolute atomic E-state index is 0.0618. The number of aromatic nitrogens is 1. The maximum absolute atomic E-state index is 11.3. The number of carbonyl (C=O) groups excluding carboxylic acids is 1. The van der Waals surface area contributed by atoms with E-state index in [9.17, 15) is 4.79 Å². The summed E-state index contributed by atoms with van der Waals surface area (Å²) in [5.41, 5.74) is 6.28. The van der Waals surface area contributed by atoms with Gasteiger partial charge in [-0.3, -0.25) is 4.79 Å². The van der Waals surface area contributed by atoms with Crippen molar-refractivity contribution >= 4 is 17.4 Å². The van der Waals surface area contributed by atoms with Gasteiger partial charge in [-0.15, -0.1) is 0 Å². The van der Waals surface area contributed by atoms with Gasteiger partial charge in [0.15, 0.2) is 0 Å². The Hall–Kier alpha value is -1.78. The molecule has 5 heteroatoms. The Balaban J connectivity index is 2.44. The zero-order chi connectivity index (χ0) is 11.3. The molecule has 4 N–H and O–H groups in total. The van der Waals surface area contributed by atoms with Gasteiger partial charge in [0, 0.05) is 12.2 Å². The highest BCUT2D eigenvalue weighted by Gasteiger charge is 2.04. The first kappa shape index (κ1) is 11.3. The van der Waals surface area contributed by atoms with Gasteiger partial charge in [0.2, 0.25) is 5.91 Å². The smallest absolute Gasteiger partial charge is 0.239 e. The summed E-state index contributed by atoms with van der Waals surface area (Å²) in [6.45, 7) is 4.03. The Bertz CT molecular complexity index is 338. The van der Waals surface area contributed by atoms with Crippen LogP contribution in [0.15, 0.2) is 18.3 Å². The van der Waals surface area contributed by atoms with Crippen LogP contribution in [0.2, 0.25) is 0 Å². The van der Waals surface area contributed by atoms with Crippen LogP contribution in [-0.4, -0.2) is 23.5 Å². The number of nitrogens with two attached hydrogens (primary N) is 1. The van der Waals surface area contributed by atoms with Crippen LogP contribution in [0.4, 0.5) is 11.5 Å². The average molecular weight is 208 g/mol. The van der Waals surface area contributed by atoms with E-state index in [4.69, 9.17) is 5.73 Å². The first-order chi connectivity index (χ1) is 7.09. The van der Waals surface area contributed by atoms with Gasteiger partial charge in [-0.25, -0.2) is 4.98 Å². The van der Waals surface area contributed by atoms with E-state index in [2.05, 4.69) is 15.6 Å². The summed E-state index contributed by atoms with van der Waals surface area (Å²) >= 11 is 0. The first-order valence-electron chi connectivity index (χ1n) is 4.83. The zero-order valence-corrected chi connectivity index (χ0v) is 8.95. The lowest BCUT2D eigenvalue weighted by Gasteiger charge is -2.10.